The molecule has 0 fully saturated rings. The van der Waals surface area contributed by atoms with Gasteiger partial charge in [-0.3, -0.25) is 14.3 Å². The molecule has 230 valence electrons. The molecule has 0 aliphatic carbocycles. The number of sulfonamides is 1. The van der Waals surface area contributed by atoms with Gasteiger partial charge in [-0.25, -0.2) is 22.8 Å². The van der Waals surface area contributed by atoms with Gasteiger partial charge < -0.3 is 4.74 Å². The van der Waals surface area contributed by atoms with Crippen molar-refractivity contribution in [1.29, 1.82) is 0 Å². The van der Waals surface area contributed by atoms with Gasteiger partial charge in [0.1, 0.15) is 24.6 Å². The van der Waals surface area contributed by atoms with Gasteiger partial charge in [0.25, 0.3) is 21.5 Å². The van der Waals surface area contributed by atoms with Crippen molar-refractivity contribution < 1.29 is 17.9 Å². The maximum absolute atomic E-state index is 13.9. The summed E-state index contributed by atoms with van der Waals surface area (Å²) in [6, 6.07) is 31.8. The van der Waals surface area contributed by atoms with Gasteiger partial charge in [0.15, 0.2) is 0 Å². The average Bonchev–Trinajstić information content (AvgIpc) is 3.27. The normalized spacial score (nSPS) is 11.4. The molecule has 0 saturated heterocycles. The third-order valence-corrected chi connectivity index (χ3v) is 8.96. The first-order valence-electron chi connectivity index (χ1n) is 14.2. The first-order chi connectivity index (χ1) is 21.6. The van der Waals surface area contributed by atoms with Crippen LogP contribution >= 0.6 is 0 Å². The van der Waals surface area contributed by atoms with E-state index in [2.05, 4.69) is 10.5 Å². The Morgan fingerprint density at radius 2 is 1.51 bits per heavy atom. The number of para-hydroxylation sites is 1. The smallest absolute Gasteiger partial charge is 0.296 e. The minimum atomic E-state index is -4.31. The molecule has 4 aromatic carbocycles. The van der Waals surface area contributed by atoms with Crippen molar-refractivity contribution in [3.63, 3.8) is 0 Å². The van der Waals surface area contributed by atoms with Crippen LogP contribution in [0.5, 0.6) is 5.75 Å². The SMILES string of the molecule is Cc1ccc(COc2ccc(/C=N\NC(=O)CN(c3c(C)n(C)n(-c4ccccc4)c3=O)S(=O)(=O)c3ccccc3)cc2)cc1. The van der Waals surface area contributed by atoms with Crippen LogP contribution in [0.15, 0.2) is 124 Å². The molecule has 1 aromatic heterocycles. The Labute approximate surface area is 261 Å². The number of anilines is 1. The van der Waals surface area contributed by atoms with Gasteiger partial charge in [0, 0.05) is 7.05 Å². The van der Waals surface area contributed by atoms with Gasteiger partial charge in [-0.15, -0.1) is 0 Å². The number of nitrogens with zero attached hydrogens (tertiary/aromatic N) is 4. The van der Waals surface area contributed by atoms with E-state index in [0.29, 0.717) is 29.3 Å². The fraction of sp³-hybridized carbons (Fsp3) is 0.147. The lowest BCUT2D eigenvalue weighted by Crippen LogP contribution is -2.42. The van der Waals surface area contributed by atoms with Crippen molar-refractivity contribution in [1.82, 2.24) is 14.8 Å². The summed E-state index contributed by atoms with van der Waals surface area (Å²) in [6.07, 6.45) is 1.44. The van der Waals surface area contributed by atoms with Gasteiger partial charge in [-0.05, 0) is 73.5 Å². The zero-order chi connectivity index (χ0) is 32.0. The Bertz CT molecular complexity index is 1970. The molecule has 1 amide bonds. The first kappa shape index (κ1) is 31.0. The van der Waals surface area contributed by atoms with Crippen molar-refractivity contribution in [3.8, 4) is 11.4 Å². The lowest BCUT2D eigenvalue weighted by molar-refractivity contribution is -0.119. The molecule has 5 rings (SSSR count). The van der Waals surface area contributed by atoms with Gasteiger partial charge >= 0.3 is 0 Å². The zero-order valence-electron chi connectivity index (χ0n) is 25.1. The third-order valence-electron chi connectivity index (χ3n) is 7.20. The Morgan fingerprint density at radius 1 is 0.889 bits per heavy atom. The van der Waals surface area contributed by atoms with E-state index >= 15 is 0 Å². The largest absolute Gasteiger partial charge is 0.489 e. The van der Waals surface area contributed by atoms with Gasteiger partial charge in [-0.2, -0.15) is 5.10 Å². The second-order valence-corrected chi connectivity index (χ2v) is 12.2. The molecule has 0 aliphatic heterocycles. The highest BCUT2D eigenvalue weighted by molar-refractivity contribution is 7.92. The molecule has 0 radical (unpaired) electrons. The average molecular weight is 624 g/mol. The molecule has 5 aromatic rings. The minimum Gasteiger partial charge on any atom is -0.489 e. The van der Waals surface area contributed by atoms with E-state index < -0.39 is 28.0 Å². The van der Waals surface area contributed by atoms with Crippen LogP contribution in [0.4, 0.5) is 5.69 Å². The molecule has 1 N–H and O–H groups in total. The summed E-state index contributed by atoms with van der Waals surface area (Å²) in [4.78, 5) is 26.8. The summed E-state index contributed by atoms with van der Waals surface area (Å²) >= 11 is 0. The van der Waals surface area contributed by atoms with Crippen LogP contribution in [0.1, 0.15) is 22.4 Å². The number of hydrogen-bond acceptors (Lipinski definition) is 6. The number of benzene rings is 4. The predicted octanol–water partition coefficient (Wildman–Crippen LogP) is 4.72. The maximum atomic E-state index is 13.9. The molecule has 45 heavy (non-hydrogen) atoms. The standard InChI is InChI=1S/C34H33N5O5S/c1-25-14-16-28(17-15-25)24-44-30-20-18-27(19-21-30)22-35-36-32(40)23-38(45(42,43)31-12-8-5-9-13-31)33-26(2)37(3)39(34(33)41)29-10-6-4-7-11-29/h4-22H,23-24H2,1-3H3,(H,36,40)/b35-22-. The number of ether oxygens (including phenoxy) is 1. The summed E-state index contributed by atoms with van der Waals surface area (Å²) in [5.41, 5.74) is 5.52. The van der Waals surface area contributed by atoms with E-state index in [1.807, 2.05) is 37.3 Å². The van der Waals surface area contributed by atoms with Crippen LogP contribution in [0.3, 0.4) is 0 Å². The number of aryl methyl sites for hydroxylation is 1. The molecular weight excluding hydrogens is 590 g/mol. The molecule has 1 heterocycles. The lowest BCUT2D eigenvalue weighted by atomic mass is 10.2. The number of aromatic nitrogens is 2. The number of carbonyl (C=O) groups is 1. The molecule has 0 aliphatic rings. The second-order valence-electron chi connectivity index (χ2n) is 10.4. The summed E-state index contributed by atoms with van der Waals surface area (Å²) in [6.45, 7) is 3.43. The fourth-order valence-electron chi connectivity index (χ4n) is 4.69. The maximum Gasteiger partial charge on any atom is 0.296 e. The van der Waals surface area contributed by atoms with Crippen LogP contribution in [-0.4, -0.2) is 36.4 Å². The Hall–Kier alpha value is -5.42. The molecule has 0 spiro atoms. The van der Waals surface area contributed by atoms with E-state index in [1.165, 1.54) is 28.6 Å². The summed E-state index contributed by atoms with van der Waals surface area (Å²) in [5.74, 6) is -0.0457. The summed E-state index contributed by atoms with van der Waals surface area (Å²) in [5, 5.41) is 4.01. The monoisotopic (exact) mass is 623 g/mol. The van der Waals surface area contributed by atoms with Gasteiger partial charge in [0.05, 0.1) is 22.5 Å². The van der Waals surface area contributed by atoms with Crippen molar-refractivity contribution in [2.24, 2.45) is 12.1 Å². The number of hydrazone groups is 1. The molecule has 0 bridgehead atoms. The molecule has 0 atom stereocenters. The van der Waals surface area contributed by atoms with Crippen molar-refractivity contribution in [3.05, 3.63) is 142 Å². The van der Waals surface area contributed by atoms with Crippen molar-refractivity contribution in [2.75, 3.05) is 10.8 Å². The minimum absolute atomic E-state index is 0.0556. The molecular formula is C34H33N5O5S. The molecule has 10 nitrogen and oxygen atoms in total. The summed E-state index contributed by atoms with van der Waals surface area (Å²) in [7, 11) is -2.65. The lowest BCUT2D eigenvalue weighted by Gasteiger charge is -2.22. The Morgan fingerprint density at radius 3 is 2.16 bits per heavy atom. The van der Waals surface area contributed by atoms with E-state index in [-0.39, 0.29) is 10.6 Å². The highest BCUT2D eigenvalue weighted by Crippen LogP contribution is 2.25. The van der Waals surface area contributed by atoms with Crippen LogP contribution in [0.25, 0.3) is 5.69 Å². The van der Waals surface area contributed by atoms with E-state index in [0.717, 1.165) is 9.87 Å². The first-order valence-corrected chi connectivity index (χ1v) is 15.6. The summed E-state index contributed by atoms with van der Waals surface area (Å²) < 4.78 is 37.3. The second kappa shape index (κ2) is 13.5. The van der Waals surface area contributed by atoms with Crippen molar-refractivity contribution >= 4 is 27.8 Å². The predicted molar refractivity (Wildman–Crippen MR) is 174 cm³/mol. The van der Waals surface area contributed by atoms with Gasteiger partial charge in [-0.1, -0.05) is 66.2 Å². The number of nitrogens with one attached hydrogen (secondary N) is 1. The fourth-order valence-corrected chi connectivity index (χ4v) is 6.18. The number of hydrogen-bond donors (Lipinski definition) is 1. The molecule has 0 unspecified atom stereocenters. The van der Waals surface area contributed by atoms with E-state index in [1.54, 1.807) is 85.4 Å². The molecule has 11 heteroatoms. The Kier molecular flexibility index (Phi) is 9.29. The number of carbonyl (C=O) groups excluding carboxylic acids is 1. The van der Waals surface area contributed by atoms with Crippen LogP contribution < -0.4 is 20.0 Å². The highest BCUT2D eigenvalue weighted by atomic mass is 32.2. The van der Waals surface area contributed by atoms with Crippen LogP contribution in [-0.2, 0) is 28.5 Å². The zero-order valence-corrected chi connectivity index (χ0v) is 25.9. The number of rotatable bonds is 11. The van der Waals surface area contributed by atoms with Crippen LogP contribution in [0, 0.1) is 13.8 Å². The van der Waals surface area contributed by atoms with Gasteiger partial charge in [0.2, 0.25) is 0 Å². The quantitative estimate of drug-likeness (QED) is 0.169. The van der Waals surface area contributed by atoms with E-state index in [4.69, 9.17) is 4.74 Å². The van der Waals surface area contributed by atoms with E-state index in [9.17, 15) is 18.0 Å². The molecule has 0 saturated carbocycles. The third kappa shape index (κ3) is 7.05. The Balaban J connectivity index is 1.34. The van der Waals surface area contributed by atoms with Crippen molar-refractivity contribution in [2.45, 2.75) is 25.3 Å². The topological polar surface area (TPSA) is 115 Å². The highest BCUT2D eigenvalue weighted by Gasteiger charge is 2.33. The number of amides is 1. The van der Waals surface area contributed by atoms with Crippen LogP contribution in [0.2, 0.25) is 0 Å².